The molecule has 2 heterocycles. The number of amides is 1. The molecule has 6 nitrogen and oxygen atoms in total. The van der Waals surface area contributed by atoms with Crippen LogP contribution >= 0.6 is 23.2 Å². The lowest BCUT2D eigenvalue weighted by atomic mass is 10.2. The zero-order valence-electron chi connectivity index (χ0n) is 17.6. The van der Waals surface area contributed by atoms with E-state index >= 15 is 0 Å². The molecule has 0 radical (unpaired) electrons. The minimum atomic E-state index is -0.355. The summed E-state index contributed by atoms with van der Waals surface area (Å²) in [4.78, 5) is 12.7. The van der Waals surface area contributed by atoms with Crippen molar-refractivity contribution in [3.63, 3.8) is 0 Å². The Morgan fingerprint density at radius 2 is 1.88 bits per heavy atom. The lowest BCUT2D eigenvalue weighted by molar-refractivity contribution is 0.0992. The van der Waals surface area contributed by atoms with Gasteiger partial charge in [0.25, 0.3) is 5.91 Å². The average Bonchev–Trinajstić information content (AvgIpc) is 3.34. The van der Waals surface area contributed by atoms with Crippen molar-refractivity contribution < 1.29 is 13.9 Å². The van der Waals surface area contributed by atoms with Crippen molar-refractivity contribution in [1.29, 1.82) is 0 Å². The van der Waals surface area contributed by atoms with Crippen molar-refractivity contribution in [2.75, 3.05) is 5.32 Å². The fourth-order valence-electron chi connectivity index (χ4n) is 3.28. The van der Waals surface area contributed by atoms with E-state index in [2.05, 4.69) is 10.4 Å². The summed E-state index contributed by atoms with van der Waals surface area (Å²) in [5.41, 5.74) is 3.41. The van der Waals surface area contributed by atoms with Crippen LogP contribution in [0.2, 0.25) is 10.0 Å². The molecule has 1 N–H and O–H groups in total. The second-order valence-corrected chi connectivity index (χ2v) is 8.12. The molecule has 0 aliphatic carbocycles. The number of furan rings is 1. The molecule has 0 aliphatic rings. The maximum Gasteiger partial charge on any atom is 0.291 e. The topological polar surface area (TPSA) is 69.3 Å². The van der Waals surface area contributed by atoms with E-state index < -0.39 is 0 Å². The van der Waals surface area contributed by atoms with Crippen molar-refractivity contribution in [3.05, 3.63) is 99.2 Å². The van der Waals surface area contributed by atoms with Gasteiger partial charge in [-0.15, -0.1) is 0 Å². The number of carbonyl (C=O) groups is 1. The molecule has 8 heteroatoms. The number of ether oxygens (including phenoxy) is 1. The highest BCUT2D eigenvalue weighted by atomic mass is 35.5. The summed E-state index contributed by atoms with van der Waals surface area (Å²) in [7, 11) is 0. The zero-order chi connectivity index (χ0) is 22.7. The van der Waals surface area contributed by atoms with Gasteiger partial charge in [-0.2, -0.15) is 5.10 Å². The minimum Gasteiger partial charge on any atom is -0.484 e. The molecule has 4 rings (SSSR count). The van der Waals surface area contributed by atoms with Gasteiger partial charge in [0.15, 0.2) is 5.76 Å². The highest BCUT2D eigenvalue weighted by Crippen LogP contribution is 2.28. The van der Waals surface area contributed by atoms with Gasteiger partial charge < -0.3 is 14.5 Å². The van der Waals surface area contributed by atoms with Crippen LogP contribution in [0.1, 0.15) is 33.3 Å². The number of aryl methyl sites for hydroxylation is 1. The highest BCUT2D eigenvalue weighted by Gasteiger charge is 2.18. The Hall–Kier alpha value is -3.22. The van der Waals surface area contributed by atoms with Gasteiger partial charge in [0.1, 0.15) is 18.1 Å². The van der Waals surface area contributed by atoms with E-state index in [4.69, 9.17) is 32.4 Å². The molecule has 4 aromatic rings. The Labute approximate surface area is 195 Å². The number of halogens is 2. The van der Waals surface area contributed by atoms with Crippen LogP contribution in [0.15, 0.2) is 65.1 Å². The monoisotopic (exact) mass is 469 g/mol. The first-order chi connectivity index (χ1) is 15.4. The Morgan fingerprint density at radius 3 is 2.62 bits per heavy atom. The van der Waals surface area contributed by atoms with E-state index in [1.807, 2.05) is 48.9 Å². The van der Waals surface area contributed by atoms with Gasteiger partial charge in [-0.3, -0.25) is 9.48 Å². The number of hydrogen-bond acceptors (Lipinski definition) is 4. The maximum absolute atomic E-state index is 12.7. The molecule has 0 spiro atoms. The van der Waals surface area contributed by atoms with E-state index in [1.165, 1.54) is 0 Å². The number of carbonyl (C=O) groups excluding carboxylic acids is 1. The van der Waals surface area contributed by atoms with Gasteiger partial charge in [-0.25, -0.2) is 0 Å². The van der Waals surface area contributed by atoms with Crippen LogP contribution in [0.5, 0.6) is 5.75 Å². The van der Waals surface area contributed by atoms with Crippen molar-refractivity contribution >= 4 is 34.8 Å². The lowest BCUT2D eigenvalue weighted by Gasteiger charge is -2.07. The van der Waals surface area contributed by atoms with Gasteiger partial charge in [0.05, 0.1) is 28.6 Å². The van der Waals surface area contributed by atoms with Crippen LogP contribution < -0.4 is 10.1 Å². The molecule has 32 heavy (non-hydrogen) atoms. The molecular weight excluding hydrogens is 449 g/mol. The molecule has 0 saturated heterocycles. The molecule has 2 aromatic heterocycles. The molecule has 0 atom stereocenters. The summed E-state index contributed by atoms with van der Waals surface area (Å²) in [5.74, 6) is 0.802. The molecule has 0 saturated carbocycles. The fourth-order valence-corrected chi connectivity index (χ4v) is 3.74. The quantitative estimate of drug-likeness (QED) is 0.345. The minimum absolute atomic E-state index is 0.127. The van der Waals surface area contributed by atoms with Crippen molar-refractivity contribution in [2.45, 2.75) is 27.0 Å². The van der Waals surface area contributed by atoms with Crippen LogP contribution in [0, 0.1) is 13.8 Å². The van der Waals surface area contributed by atoms with E-state index in [0.717, 1.165) is 17.0 Å². The van der Waals surface area contributed by atoms with Crippen LogP contribution in [0.3, 0.4) is 0 Å². The fraction of sp³-hybridized carbons (Fsp3) is 0.167. The number of anilines is 1. The molecule has 0 aliphatic heterocycles. The third-order valence-electron chi connectivity index (χ3n) is 4.94. The maximum atomic E-state index is 12.7. The number of hydrogen-bond donors (Lipinski definition) is 1. The lowest BCUT2D eigenvalue weighted by Crippen LogP contribution is -2.12. The van der Waals surface area contributed by atoms with E-state index in [9.17, 15) is 4.79 Å². The Balaban J connectivity index is 1.42. The number of aromatic nitrogens is 2. The summed E-state index contributed by atoms with van der Waals surface area (Å²) in [6.45, 7) is 4.54. The summed E-state index contributed by atoms with van der Waals surface area (Å²) < 4.78 is 13.2. The van der Waals surface area contributed by atoms with E-state index in [1.54, 1.807) is 30.3 Å². The molecular formula is C24H21Cl2N3O3. The third kappa shape index (κ3) is 4.98. The normalized spacial score (nSPS) is 10.9. The predicted octanol–water partition coefficient (Wildman–Crippen LogP) is 6.28. The average molecular weight is 470 g/mol. The first-order valence-electron chi connectivity index (χ1n) is 9.96. The first kappa shape index (κ1) is 22.0. The largest absolute Gasteiger partial charge is 0.484 e. The Morgan fingerprint density at radius 1 is 1.09 bits per heavy atom. The summed E-state index contributed by atoms with van der Waals surface area (Å²) >= 11 is 12.0. The van der Waals surface area contributed by atoms with Crippen LogP contribution in [-0.2, 0) is 13.2 Å². The van der Waals surface area contributed by atoms with Crippen molar-refractivity contribution in [3.8, 4) is 5.75 Å². The van der Waals surface area contributed by atoms with Crippen LogP contribution in [0.25, 0.3) is 0 Å². The predicted molar refractivity (Wildman–Crippen MR) is 125 cm³/mol. The van der Waals surface area contributed by atoms with Crippen LogP contribution in [0.4, 0.5) is 5.69 Å². The number of rotatable bonds is 7. The third-order valence-corrected chi connectivity index (χ3v) is 5.47. The SMILES string of the molecule is Cc1nn(Cc2ccccc2)c(C)c1NC(=O)c1ccc(COc2ccc(Cl)cc2Cl)o1. The molecule has 164 valence electrons. The van der Waals surface area contributed by atoms with Crippen molar-refractivity contribution in [2.24, 2.45) is 0 Å². The second-order valence-electron chi connectivity index (χ2n) is 7.27. The molecule has 0 bridgehead atoms. The zero-order valence-corrected chi connectivity index (χ0v) is 19.1. The standard InChI is InChI=1S/C24H21Cl2N3O3/c1-15-23(16(2)29(28-15)13-17-6-4-3-5-7-17)27-24(30)22-11-9-19(32-22)14-31-21-10-8-18(25)12-20(21)26/h3-12H,13-14H2,1-2H3,(H,27,30). The first-order valence-corrected chi connectivity index (χ1v) is 10.7. The molecule has 2 aromatic carbocycles. The number of nitrogens with zero attached hydrogens (tertiary/aromatic N) is 2. The van der Waals surface area contributed by atoms with Gasteiger partial charge in [0, 0.05) is 5.02 Å². The Bertz CT molecular complexity index is 1250. The molecule has 0 unspecified atom stereocenters. The summed E-state index contributed by atoms with van der Waals surface area (Å²) in [5, 5.41) is 8.40. The number of benzene rings is 2. The molecule has 0 fully saturated rings. The smallest absolute Gasteiger partial charge is 0.291 e. The van der Waals surface area contributed by atoms with Gasteiger partial charge in [-0.05, 0) is 49.7 Å². The van der Waals surface area contributed by atoms with E-state index in [-0.39, 0.29) is 18.3 Å². The number of nitrogens with one attached hydrogen (secondary N) is 1. The summed E-state index contributed by atoms with van der Waals surface area (Å²) in [6.07, 6.45) is 0. The summed E-state index contributed by atoms with van der Waals surface area (Å²) in [6, 6.07) is 18.3. The van der Waals surface area contributed by atoms with Gasteiger partial charge >= 0.3 is 0 Å². The van der Waals surface area contributed by atoms with Gasteiger partial charge in [0.2, 0.25) is 0 Å². The highest BCUT2D eigenvalue weighted by molar-refractivity contribution is 6.35. The Kier molecular flexibility index (Phi) is 6.53. The van der Waals surface area contributed by atoms with Crippen molar-refractivity contribution in [1.82, 2.24) is 9.78 Å². The second kappa shape index (κ2) is 9.51. The van der Waals surface area contributed by atoms with E-state index in [0.29, 0.717) is 33.8 Å². The van der Waals surface area contributed by atoms with Crippen LogP contribution in [-0.4, -0.2) is 15.7 Å². The molecule has 1 amide bonds. The van der Waals surface area contributed by atoms with Gasteiger partial charge in [-0.1, -0.05) is 53.5 Å².